The van der Waals surface area contributed by atoms with Crippen LogP contribution in [0, 0.1) is 28.4 Å². The number of benzene rings is 3. The minimum Gasteiger partial charge on any atom is -0.508 e. The fourth-order valence-electron chi connectivity index (χ4n) is 13.0. The summed E-state index contributed by atoms with van der Waals surface area (Å²) in [6.07, 6.45) is 10.3. The van der Waals surface area contributed by atoms with Crippen molar-refractivity contribution in [2.24, 2.45) is 16.7 Å². The Morgan fingerprint density at radius 2 is 1.62 bits per heavy atom. The number of carbonyl (C=O) groups is 3. The second-order valence-electron chi connectivity index (χ2n) is 22.1. The monoisotopic (exact) mass is 983 g/mol. The van der Waals surface area contributed by atoms with Crippen molar-refractivity contribution in [2.75, 3.05) is 81.9 Å². The highest BCUT2D eigenvalue weighted by molar-refractivity contribution is 6.06. The van der Waals surface area contributed by atoms with E-state index in [1.165, 1.54) is 37.8 Å². The van der Waals surface area contributed by atoms with Gasteiger partial charge in [-0.15, -0.1) is 0 Å². The maximum Gasteiger partial charge on any atom is 0.319 e. The van der Waals surface area contributed by atoms with E-state index in [-0.39, 0.29) is 58.1 Å². The Morgan fingerprint density at radius 1 is 0.847 bits per heavy atom. The van der Waals surface area contributed by atoms with Crippen LogP contribution in [0.3, 0.4) is 0 Å². The molecular formula is C55H63F2N9O6. The van der Waals surface area contributed by atoms with Crippen molar-refractivity contribution in [1.82, 2.24) is 35.0 Å². The number of carbonyl (C=O) groups excluding carboxylic acids is 3. The van der Waals surface area contributed by atoms with Crippen molar-refractivity contribution in [3.8, 4) is 23.0 Å². The molecule has 6 fully saturated rings. The maximum atomic E-state index is 17.1. The first-order valence-electron chi connectivity index (χ1n) is 26.2. The number of imide groups is 1. The predicted octanol–water partition coefficient (Wildman–Crippen LogP) is 6.59. The highest BCUT2D eigenvalue weighted by atomic mass is 19.1. The Hall–Kier alpha value is -6.04. The Bertz CT molecular complexity index is 2970. The first-order chi connectivity index (χ1) is 34.8. The number of ether oxygens (including phenoxy) is 1. The third kappa shape index (κ3) is 8.78. The summed E-state index contributed by atoms with van der Waals surface area (Å²) in [6, 6.07) is 11.5. The van der Waals surface area contributed by atoms with Gasteiger partial charge < -0.3 is 34.5 Å². The van der Waals surface area contributed by atoms with E-state index in [9.17, 15) is 24.6 Å². The number of amides is 3. The molecule has 15 nitrogen and oxygen atoms in total. The van der Waals surface area contributed by atoms with Gasteiger partial charge in [0.15, 0.2) is 5.82 Å². The van der Waals surface area contributed by atoms with Gasteiger partial charge in [0.2, 0.25) is 11.8 Å². The van der Waals surface area contributed by atoms with Crippen LogP contribution >= 0.6 is 0 Å². The van der Waals surface area contributed by atoms with Crippen LogP contribution in [0.25, 0.3) is 32.9 Å². The number of hydrogen-bond donors (Lipinski definition) is 3. The molecule has 2 saturated carbocycles. The molecule has 0 radical (unpaired) electrons. The Morgan fingerprint density at radius 3 is 2.36 bits per heavy atom. The van der Waals surface area contributed by atoms with Gasteiger partial charge in [-0.25, -0.2) is 8.78 Å². The lowest BCUT2D eigenvalue weighted by molar-refractivity contribution is -0.136. The number of piperidine rings is 3. The molecule has 5 aromatic rings. The Balaban J connectivity index is 0.653. The number of aromatic hydroxyl groups is 1. The van der Waals surface area contributed by atoms with Crippen molar-refractivity contribution in [2.45, 2.75) is 96.2 Å². The van der Waals surface area contributed by atoms with E-state index in [1.54, 1.807) is 23.2 Å². The highest BCUT2D eigenvalue weighted by Gasteiger charge is 2.50. The van der Waals surface area contributed by atoms with Crippen molar-refractivity contribution in [1.29, 1.82) is 0 Å². The Kier molecular flexibility index (Phi) is 12.1. The molecule has 2 aliphatic carbocycles. The number of hydrogen-bond acceptors (Lipinski definition) is 13. The lowest BCUT2D eigenvalue weighted by Crippen LogP contribution is -2.53. The zero-order valence-electron chi connectivity index (χ0n) is 41.0. The number of nitrogens with one attached hydrogen (secondary N) is 1. The van der Waals surface area contributed by atoms with E-state index in [2.05, 4.69) is 31.1 Å². The molecule has 17 heteroatoms. The smallest absolute Gasteiger partial charge is 0.319 e. The van der Waals surface area contributed by atoms with Gasteiger partial charge in [0.05, 0.1) is 18.1 Å². The summed E-state index contributed by atoms with van der Waals surface area (Å²) in [5.41, 5.74) is 3.80. The number of nitrogens with zero attached hydrogens (tertiary/aromatic N) is 8. The van der Waals surface area contributed by atoms with Crippen LogP contribution < -0.4 is 19.9 Å². The number of fused-ring (bicyclic) bond motifs is 3. The van der Waals surface area contributed by atoms with Gasteiger partial charge in [-0.05, 0) is 147 Å². The summed E-state index contributed by atoms with van der Waals surface area (Å²) < 4.78 is 38.7. The molecule has 3 amide bonds. The van der Waals surface area contributed by atoms with Gasteiger partial charge in [-0.2, -0.15) is 9.97 Å². The summed E-state index contributed by atoms with van der Waals surface area (Å²) in [6.45, 7) is 11.8. The average molecular weight is 984 g/mol. The number of aromatic nitrogens is 3. The van der Waals surface area contributed by atoms with E-state index in [4.69, 9.17) is 14.7 Å². The number of phenols is 1. The summed E-state index contributed by atoms with van der Waals surface area (Å²) in [4.78, 5) is 62.9. The molecule has 1 spiro atoms. The average Bonchev–Trinajstić information content (AvgIpc) is 4.06. The number of aliphatic hydroxyl groups is 1. The van der Waals surface area contributed by atoms with Gasteiger partial charge >= 0.3 is 6.01 Å². The Labute approximate surface area is 417 Å². The van der Waals surface area contributed by atoms with Crippen molar-refractivity contribution in [3.05, 3.63) is 77.0 Å². The van der Waals surface area contributed by atoms with Crippen LogP contribution in [0.15, 0.2) is 48.7 Å². The fourth-order valence-corrected chi connectivity index (χ4v) is 13.0. The van der Waals surface area contributed by atoms with Gasteiger partial charge in [0.25, 0.3) is 5.91 Å². The molecule has 0 bridgehead atoms. The SMILES string of the molecule is CCc1c(F)ccc2cc(O)cc(-c3ncc4c(N5CCC(O)CC5)nc(OCC5(CN6CCC7(CC6)CC(CN6CCN(c8ccc9c(c8)CN([C@H]8CCC(=O)NC8=O)C9=O)CC6)C7)CC5)nc4c3F)c12. The molecule has 7 aliphatic rings. The minimum absolute atomic E-state index is 0.0288. The molecule has 2 aromatic heterocycles. The molecule has 1 atom stereocenters. The number of aryl methyl sites for hydroxylation is 1. The quantitative estimate of drug-likeness (QED) is 0.115. The van der Waals surface area contributed by atoms with Crippen molar-refractivity contribution < 1.29 is 38.1 Å². The van der Waals surface area contributed by atoms with Crippen LogP contribution in [-0.2, 0) is 22.6 Å². The third-order valence-electron chi connectivity index (χ3n) is 17.3. The maximum absolute atomic E-state index is 17.1. The van der Waals surface area contributed by atoms with E-state index >= 15 is 8.78 Å². The molecule has 72 heavy (non-hydrogen) atoms. The molecule has 3 N–H and O–H groups in total. The second kappa shape index (κ2) is 18.5. The minimum atomic E-state index is -0.699. The largest absolute Gasteiger partial charge is 0.508 e. The van der Waals surface area contributed by atoms with Gasteiger partial charge in [-0.1, -0.05) is 13.0 Å². The first-order valence-corrected chi connectivity index (χ1v) is 26.2. The van der Waals surface area contributed by atoms with Crippen LogP contribution in [0.2, 0.25) is 0 Å². The normalized spacial score (nSPS) is 22.8. The number of pyridine rings is 1. The molecule has 7 heterocycles. The number of rotatable bonds is 12. The zero-order valence-corrected chi connectivity index (χ0v) is 41.0. The number of halogens is 2. The number of likely N-dealkylation sites (tertiary alicyclic amines) is 1. The van der Waals surface area contributed by atoms with Crippen LogP contribution in [0.1, 0.15) is 92.6 Å². The second-order valence-corrected chi connectivity index (χ2v) is 22.1. The molecule has 0 unspecified atom stereocenters. The van der Waals surface area contributed by atoms with E-state index < -0.39 is 23.8 Å². The van der Waals surface area contributed by atoms with Crippen LogP contribution in [0.4, 0.5) is 20.3 Å². The summed E-state index contributed by atoms with van der Waals surface area (Å²) in [7, 11) is 0. The van der Waals surface area contributed by atoms with Crippen molar-refractivity contribution in [3.63, 3.8) is 0 Å². The predicted molar refractivity (Wildman–Crippen MR) is 268 cm³/mol. The lowest BCUT2D eigenvalue weighted by Gasteiger charge is -2.54. The van der Waals surface area contributed by atoms with Gasteiger partial charge in [-0.3, -0.25) is 29.6 Å². The molecular weight excluding hydrogens is 921 g/mol. The molecule has 3 aromatic carbocycles. The summed E-state index contributed by atoms with van der Waals surface area (Å²) in [5, 5.41) is 24.9. The number of phenolic OH excluding ortho intramolecular Hbond substituents is 1. The van der Waals surface area contributed by atoms with Crippen LogP contribution in [0.5, 0.6) is 11.8 Å². The highest BCUT2D eigenvalue weighted by Crippen LogP contribution is 2.54. The number of piperazine rings is 1. The van der Waals surface area contributed by atoms with E-state index in [0.29, 0.717) is 96.4 Å². The zero-order chi connectivity index (χ0) is 49.5. The number of aliphatic hydroxyl groups excluding tert-OH is 1. The summed E-state index contributed by atoms with van der Waals surface area (Å²) in [5.74, 6) is -0.773. The first kappa shape index (κ1) is 47.0. The van der Waals surface area contributed by atoms with Crippen molar-refractivity contribution >= 4 is 50.9 Å². The van der Waals surface area contributed by atoms with Gasteiger partial charge in [0, 0.05) is 93.7 Å². The summed E-state index contributed by atoms with van der Waals surface area (Å²) >= 11 is 0. The van der Waals surface area contributed by atoms with Crippen LogP contribution in [-0.4, -0.2) is 142 Å². The lowest BCUT2D eigenvalue weighted by atomic mass is 9.57. The topological polar surface area (TPSA) is 168 Å². The molecule has 5 aliphatic heterocycles. The number of anilines is 2. The molecule has 4 saturated heterocycles. The van der Waals surface area contributed by atoms with E-state index in [1.807, 2.05) is 24.0 Å². The van der Waals surface area contributed by atoms with Gasteiger partial charge in [0.1, 0.15) is 34.6 Å². The fraction of sp³-hybridized carbons (Fsp3) is 0.527. The third-order valence-corrected chi connectivity index (χ3v) is 17.3. The molecule has 378 valence electrons. The standard InChI is InChI=1S/C55H63F2N9O6/c1-2-39-43(56)6-3-34-24-38(68)25-41(46(34)39)48-47(57)49-42(28-58-48)50(65-15-9-37(67)10-16-65)61-53(60-49)72-32-55(11-12-55)31-63-17-13-54(14-18-63)26-33(27-54)29-62-19-21-64(22-20-62)36-4-5-40-35(23-36)30-66(52(40)71)44-7-8-45(69)59-51(44)70/h3-6,23-25,28,33,37,44,67-68H,2,7-22,26-27,29-32H2,1H3,(H,59,69,70)/t44-/m0/s1. The van der Waals surface area contributed by atoms with E-state index in [0.717, 1.165) is 76.5 Å². The molecule has 12 rings (SSSR count).